The zero-order valence-corrected chi connectivity index (χ0v) is 13.6. The molecule has 0 rings (SSSR count). The van der Waals surface area contributed by atoms with Crippen LogP contribution in [0.3, 0.4) is 0 Å². The SMILES string of the molecule is CCCCC(C)CCCC(CCCC)CCCC. The summed E-state index contributed by atoms with van der Waals surface area (Å²) in [4.78, 5) is 0. The van der Waals surface area contributed by atoms with Crippen LogP contribution in [0.5, 0.6) is 0 Å². The monoisotopic (exact) mass is 254 g/mol. The van der Waals surface area contributed by atoms with Crippen LogP contribution in [-0.2, 0) is 0 Å². The Balaban J connectivity index is 3.65. The van der Waals surface area contributed by atoms with Gasteiger partial charge < -0.3 is 0 Å². The minimum Gasteiger partial charge on any atom is -0.0654 e. The van der Waals surface area contributed by atoms with E-state index in [0.29, 0.717) is 0 Å². The van der Waals surface area contributed by atoms with Crippen LogP contribution in [0.2, 0.25) is 0 Å². The molecule has 0 bridgehead atoms. The Kier molecular flexibility index (Phi) is 13.4. The van der Waals surface area contributed by atoms with Gasteiger partial charge in [-0.2, -0.15) is 0 Å². The molecule has 0 spiro atoms. The lowest BCUT2D eigenvalue weighted by atomic mass is 9.89. The Morgan fingerprint density at radius 3 is 1.44 bits per heavy atom. The highest BCUT2D eigenvalue weighted by molar-refractivity contribution is 4.62. The van der Waals surface area contributed by atoms with Crippen molar-refractivity contribution >= 4 is 0 Å². The summed E-state index contributed by atoms with van der Waals surface area (Å²) in [6, 6.07) is 0. The van der Waals surface area contributed by atoms with Crippen molar-refractivity contribution in [3.8, 4) is 0 Å². The topological polar surface area (TPSA) is 0 Å². The fourth-order valence-electron chi connectivity index (χ4n) is 2.87. The molecule has 1 unspecified atom stereocenters. The molecule has 0 heterocycles. The van der Waals surface area contributed by atoms with Gasteiger partial charge in [0.25, 0.3) is 0 Å². The average Bonchev–Trinajstić information content (AvgIpc) is 2.38. The molecule has 0 heteroatoms. The summed E-state index contributed by atoms with van der Waals surface area (Å²) >= 11 is 0. The van der Waals surface area contributed by atoms with Crippen LogP contribution in [0.15, 0.2) is 0 Å². The molecule has 0 saturated heterocycles. The van der Waals surface area contributed by atoms with Crippen LogP contribution in [0.1, 0.15) is 105 Å². The first-order chi connectivity index (χ1) is 8.74. The number of hydrogen-bond acceptors (Lipinski definition) is 0. The highest BCUT2D eigenvalue weighted by atomic mass is 14.1. The second kappa shape index (κ2) is 13.4. The first-order valence-electron chi connectivity index (χ1n) is 8.74. The largest absolute Gasteiger partial charge is 0.0654 e. The van der Waals surface area contributed by atoms with E-state index in [4.69, 9.17) is 0 Å². The summed E-state index contributed by atoms with van der Waals surface area (Å²) in [5.74, 6) is 1.99. The molecule has 0 aromatic rings. The predicted molar refractivity (Wildman–Crippen MR) is 85.1 cm³/mol. The van der Waals surface area contributed by atoms with E-state index >= 15 is 0 Å². The summed E-state index contributed by atoms with van der Waals surface area (Å²) in [6.07, 6.45) is 17.3. The van der Waals surface area contributed by atoms with Gasteiger partial charge in [-0.25, -0.2) is 0 Å². The fourth-order valence-corrected chi connectivity index (χ4v) is 2.87. The lowest BCUT2D eigenvalue weighted by Crippen LogP contribution is -2.03. The first-order valence-corrected chi connectivity index (χ1v) is 8.74. The lowest BCUT2D eigenvalue weighted by Gasteiger charge is -2.17. The van der Waals surface area contributed by atoms with Gasteiger partial charge in [0.15, 0.2) is 0 Å². The second-order valence-corrected chi connectivity index (χ2v) is 6.33. The Bertz CT molecular complexity index is 142. The molecule has 0 fully saturated rings. The van der Waals surface area contributed by atoms with Crippen LogP contribution in [-0.4, -0.2) is 0 Å². The van der Waals surface area contributed by atoms with Crippen molar-refractivity contribution in [2.24, 2.45) is 11.8 Å². The maximum absolute atomic E-state index is 2.45. The van der Waals surface area contributed by atoms with E-state index < -0.39 is 0 Å². The van der Waals surface area contributed by atoms with Crippen LogP contribution < -0.4 is 0 Å². The van der Waals surface area contributed by atoms with Crippen molar-refractivity contribution in [3.05, 3.63) is 0 Å². The predicted octanol–water partition coefficient (Wildman–Crippen LogP) is 6.98. The smallest absolute Gasteiger partial charge is 0.0414 e. The van der Waals surface area contributed by atoms with Crippen LogP contribution >= 0.6 is 0 Å². The Morgan fingerprint density at radius 1 is 0.556 bits per heavy atom. The normalized spacial score (nSPS) is 13.2. The van der Waals surface area contributed by atoms with Gasteiger partial charge >= 0.3 is 0 Å². The second-order valence-electron chi connectivity index (χ2n) is 6.33. The maximum atomic E-state index is 2.45. The molecule has 0 N–H and O–H groups in total. The quantitative estimate of drug-likeness (QED) is 0.332. The highest BCUT2D eigenvalue weighted by Gasteiger charge is 2.09. The van der Waals surface area contributed by atoms with Gasteiger partial charge in [-0.3, -0.25) is 0 Å². The van der Waals surface area contributed by atoms with E-state index in [1.165, 1.54) is 77.0 Å². The molecule has 1 atom stereocenters. The third-order valence-corrected chi connectivity index (χ3v) is 4.29. The van der Waals surface area contributed by atoms with Gasteiger partial charge in [0, 0.05) is 0 Å². The van der Waals surface area contributed by atoms with E-state index in [1.807, 2.05) is 0 Å². The zero-order valence-electron chi connectivity index (χ0n) is 13.6. The lowest BCUT2D eigenvalue weighted by molar-refractivity contribution is 0.356. The summed E-state index contributed by atoms with van der Waals surface area (Å²) in [5, 5.41) is 0. The summed E-state index contributed by atoms with van der Waals surface area (Å²) in [7, 11) is 0. The summed E-state index contributed by atoms with van der Waals surface area (Å²) in [5.41, 5.74) is 0. The molecule has 0 radical (unpaired) electrons. The van der Waals surface area contributed by atoms with Gasteiger partial charge in [0.1, 0.15) is 0 Å². The molecule has 0 aliphatic rings. The van der Waals surface area contributed by atoms with Crippen molar-refractivity contribution < 1.29 is 0 Å². The number of rotatable bonds is 13. The van der Waals surface area contributed by atoms with E-state index in [1.54, 1.807) is 0 Å². The number of unbranched alkanes of at least 4 members (excludes halogenated alkanes) is 3. The highest BCUT2D eigenvalue weighted by Crippen LogP contribution is 2.24. The van der Waals surface area contributed by atoms with Crippen molar-refractivity contribution in [1.29, 1.82) is 0 Å². The van der Waals surface area contributed by atoms with E-state index in [2.05, 4.69) is 27.7 Å². The van der Waals surface area contributed by atoms with Crippen molar-refractivity contribution in [2.45, 2.75) is 105 Å². The molecule has 0 aliphatic carbocycles. The van der Waals surface area contributed by atoms with Gasteiger partial charge in [-0.05, 0) is 11.8 Å². The Hall–Kier alpha value is 0. The summed E-state index contributed by atoms with van der Waals surface area (Å²) < 4.78 is 0. The van der Waals surface area contributed by atoms with Gasteiger partial charge in [-0.1, -0.05) is 105 Å². The molecule has 0 nitrogen and oxygen atoms in total. The minimum absolute atomic E-state index is 0.961. The fraction of sp³-hybridized carbons (Fsp3) is 1.00. The zero-order chi connectivity index (χ0) is 13.6. The molecule has 0 aromatic heterocycles. The molecule has 18 heavy (non-hydrogen) atoms. The molecule has 0 aromatic carbocycles. The van der Waals surface area contributed by atoms with Crippen LogP contribution in [0.25, 0.3) is 0 Å². The van der Waals surface area contributed by atoms with Gasteiger partial charge in [0.2, 0.25) is 0 Å². The molecule has 0 aliphatic heterocycles. The Labute approximate surface area is 117 Å². The van der Waals surface area contributed by atoms with Crippen LogP contribution in [0, 0.1) is 11.8 Å². The van der Waals surface area contributed by atoms with Crippen LogP contribution in [0.4, 0.5) is 0 Å². The van der Waals surface area contributed by atoms with Gasteiger partial charge in [0.05, 0.1) is 0 Å². The average molecular weight is 255 g/mol. The van der Waals surface area contributed by atoms with E-state index in [9.17, 15) is 0 Å². The van der Waals surface area contributed by atoms with E-state index in [0.717, 1.165) is 11.8 Å². The summed E-state index contributed by atoms with van der Waals surface area (Å²) in [6.45, 7) is 9.40. The molecular weight excluding hydrogens is 216 g/mol. The molecule has 0 saturated carbocycles. The van der Waals surface area contributed by atoms with Crippen molar-refractivity contribution in [2.75, 3.05) is 0 Å². The maximum Gasteiger partial charge on any atom is -0.0414 e. The third kappa shape index (κ3) is 11.1. The van der Waals surface area contributed by atoms with Gasteiger partial charge in [-0.15, -0.1) is 0 Å². The standard InChI is InChI=1S/C18H38/c1-5-8-12-17(4)13-11-16-18(14-9-6-2)15-10-7-3/h17-18H,5-16H2,1-4H3. The molecule has 0 amide bonds. The first kappa shape index (κ1) is 18.0. The number of hydrogen-bond donors (Lipinski definition) is 0. The van der Waals surface area contributed by atoms with Crippen molar-refractivity contribution in [1.82, 2.24) is 0 Å². The Morgan fingerprint density at radius 2 is 0.944 bits per heavy atom. The molecular formula is C18H38. The minimum atomic E-state index is 0.961. The van der Waals surface area contributed by atoms with Crippen molar-refractivity contribution in [3.63, 3.8) is 0 Å². The van der Waals surface area contributed by atoms with E-state index in [-0.39, 0.29) is 0 Å². The molecule has 110 valence electrons. The third-order valence-electron chi connectivity index (χ3n) is 4.29.